The third-order valence-corrected chi connectivity index (χ3v) is 3.12. The number of halogens is 1. The molecule has 0 bridgehead atoms. The number of hydrogen-bond donors (Lipinski definition) is 1. The number of rotatable bonds is 7. The molecule has 0 aromatic carbocycles. The van der Waals surface area contributed by atoms with E-state index in [1.165, 1.54) is 0 Å². The third-order valence-electron chi connectivity index (χ3n) is 2.82. The minimum Gasteiger partial charge on any atom is -0.309 e. The van der Waals surface area contributed by atoms with Crippen LogP contribution in [-0.2, 0) is 0 Å². The lowest BCUT2D eigenvalue weighted by Gasteiger charge is -2.21. The Bertz CT molecular complexity index is 333. The predicted octanol–water partition coefficient (Wildman–Crippen LogP) is 3.96. The molecular weight excluding hydrogens is 234 g/mol. The molecule has 1 rings (SSSR count). The number of hydrogen-bond acceptors (Lipinski definition) is 2. The first kappa shape index (κ1) is 14.5. The highest BCUT2D eigenvalue weighted by Gasteiger charge is 2.20. The average Bonchev–Trinajstić information content (AvgIpc) is 2.66. The minimum atomic E-state index is 0.317. The van der Waals surface area contributed by atoms with E-state index in [-0.39, 0.29) is 0 Å². The van der Waals surface area contributed by atoms with Crippen LogP contribution in [0.1, 0.15) is 64.7 Å². The van der Waals surface area contributed by atoms with Gasteiger partial charge in [0.15, 0.2) is 0 Å². The number of aromatic nitrogens is 2. The fourth-order valence-electron chi connectivity index (χ4n) is 2.03. The zero-order valence-electron chi connectivity index (χ0n) is 11.3. The molecule has 1 heterocycles. The summed E-state index contributed by atoms with van der Waals surface area (Å²) in [5, 5.41) is 8.71. The number of nitrogens with zero attached hydrogens (tertiary/aromatic N) is 2. The smallest absolute Gasteiger partial charge is 0.0834 e. The Labute approximate surface area is 110 Å². The van der Waals surface area contributed by atoms with E-state index in [2.05, 4.69) is 38.1 Å². The Kier molecular flexibility index (Phi) is 6.00. The molecule has 0 radical (unpaired) electrons. The molecule has 0 fully saturated rings. The summed E-state index contributed by atoms with van der Waals surface area (Å²) in [5.41, 5.74) is 1.14. The molecule has 1 N–H and O–H groups in total. The van der Waals surface area contributed by atoms with Crippen molar-refractivity contribution in [1.82, 2.24) is 15.1 Å². The summed E-state index contributed by atoms with van der Waals surface area (Å²) in [6, 6.07) is 0.664. The lowest BCUT2D eigenvalue weighted by Crippen LogP contribution is -2.25. The molecule has 1 unspecified atom stereocenters. The fourth-order valence-corrected chi connectivity index (χ4v) is 2.29. The molecule has 1 aromatic rings. The van der Waals surface area contributed by atoms with E-state index in [1.807, 2.05) is 4.68 Å². The van der Waals surface area contributed by atoms with Gasteiger partial charge in [0.05, 0.1) is 23.0 Å². The summed E-state index contributed by atoms with van der Waals surface area (Å²) in [5.74, 6) is 0. The normalized spacial score (nSPS) is 13.3. The van der Waals surface area contributed by atoms with Crippen LogP contribution in [0.2, 0.25) is 5.02 Å². The van der Waals surface area contributed by atoms with Crippen molar-refractivity contribution in [2.75, 3.05) is 6.54 Å². The Hall–Kier alpha value is -0.540. The first-order valence-corrected chi connectivity index (χ1v) is 6.95. The standard InChI is InChI=1S/C13H24ClN3/c1-5-7-12(15-8-6-2)13-11(14)9-16-17(13)10(3)4/h9-10,12,15H,5-8H2,1-4H3. The maximum atomic E-state index is 6.28. The van der Waals surface area contributed by atoms with Crippen LogP contribution in [-0.4, -0.2) is 16.3 Å². The maximum Gasteiger partial charge on any atom is 0.0834 e. The van der Waals surface area contributed by atoms with Crippen LogP contribution in [0.4, 0.5) is 0 Å². The van der Waals surface area contributed by atoms with Crippen LogP contribution in [0.5, 0.6) is 0 Å². The molecule has 0 saturated carbocycles. The number of nitrogens with one attached hydrogen (secondary N) is 1. The molecule has 17 heavy (non-hydrogen) atoms. The first-order valence-electron chi connectivity index (χ1n) is 6.58. The van der Waals surface area contributed by atoms with E-state index >= 15 is 0 Å². The van der Waals surface area contributed by atoms with Gasteiger partial charge in [0.1, 0.15) is 0 Å². The van der Waals surface area contributed by atoms with E-state index in [0.29, 0.717) is 12.1 Å². The lowest BCUT2D eigenvalue weighted by molar-refractivity contribution is 0.425. The summed E-state index contributed by atoms with van der Waals surface area (Å²) < 4.78 is 2.03. The van der Waals surface area contributed by atoms with Gasteiger partial charge in [0.2, 0.25) is 0 Å². The van der Waals surface area contributed by atoms with E-state index in [4.69, 9.17) is 11.6 Å². The van der Waals surface area contributed by atoms with Gasteiger partial charge >= 0.3 is 0 Å². The van der Waals surface area contributed by atoms with Crippen LogP contribution < -0.4 is 5.32 Å². The van der Waals surface area contributed by atoms with Crippen molar-refractivity contribution in [3.8, 4) is 0 Å². The highest BCUT2D eigenvalue weighted by molar-refractivity contribution is 6.31. The second kappa shape index (κ2) is 7.02. The maximum absolute atomic E-state index is 6.28. The SMILES string of the molecule is CCCNC(CCC)c1c(Cl)cnn1C(C)C. The quantitative estimate of drug-likeness (QED) is 0.801. The van der Waals surface area contributed by atoms with Gasteiger partial charge in [-0.1, -0.05) is 31.9 Å². The van der Waals surface area contributed by atoms with Gasteiger partial charge in [-0.2, -0.15) is 5.10 Å². The topological polar surface area (TPSA) is 29.9 Å². The molecule has 0 aliphatic rings. The largest absolute Gasteiger partial charge is 0.309 e. The van der Waals surface area contributed by atoms with Crippen molar-refractivity contribution < 1.29 is 0 Å². The van der Waals surface area contributed by atoms with Crippen molar-refractivity contribution in [1.29, 1.82) is 0 Å². The van der Waals surface area contributed by atoms with E-state index < -0.39 is 0 Å². The molecule has 98 valence electrons. The molecule has 0 aliphatic heterocycles. The molecule has 0 amide bonds. The van der Waals surface area contributed by atoms with Gasteiger partial charge < -0.3 is 5.32 Å². The molecule has 1 atom stereocenters. The van der Waals surface area contributed by atoms with Crippen molar-refractivity contribution in [2.45, 2.75) is 59.0 Å². The molecule has 3 nitrogen and oxygen atoms in total. The molecular formula is C13H24ClN3. The lowest BCUT2D eigenvalue weighted by atomic mass is 10.1. The zero-order valence-corrected chi connectivity index (χ0v) is 12.1. The average molecular weight is 258 g/mol. The monoisotopic (exact) mass is 257 g/mol. The van der Waals surface area contributed by atoms with Crippen molar-refractivity contribution in [3.63, 3.8) is 0 Å². The van der Waals surface area contributed by atoms with Gasteiger partial charge in [-0.25, -0.2) is 0 Å². The van der Waals surface area contributed by atoms with E-state index in [1.54, 1.807) is 6.20 Å². The molecule has 4 heteroatoms. The summed E-state index contributed by atoms with van der Waals surface area (Å²) in [6.45, 7) is 9.66. The van der Waals surface area contributed by atoms with Gasteiger partial charge in [-0.15, -0.1) is 0 Å². The second-order valence-electron chi connectivity index (χ2n) is 4.71. The molecule has 0 aliphatic carbocycles. The van der Waals surface area contributed by atoms with Gasteiger partial charge in [-0.05, 0) is 33.2 Å². The predicted molar refractivity (Wildman–Crippen MR) is 73.6 cm³/mol. The van der Waals surface area contributed by atoms with Gasteiger partial charge in [-0.3, -0.25) is 4.68 Å². The van der Waals surface area contributed by atoms with Crippen molar-refractivity contribution >= 4 is 11.6 Å². The second-order valence-corrected chi connectivity index (χ2v) is 5.12. The summed E-state index contributed by atoms with van der Waals surface area (Å²) >= 11 is 6.28. The first-order chi connectivity index (χ1) is 8.11. The Morgan fingerprint density at radius 2 is 2.06 bits per heavy atom. The Morgan fingerprint density at radius 3 is 2.59 bits per heavy atom. The molecule has 0 saturated heterocycles. The van der Waals surface area contributed by atoms with Crippen LogP contribution in [0.3, 0.4) is 0 Å². The summed E-state index contributed by atoms with van der Waals surface area (Å²) in [4.78, 5) is 0. The van der Waals surface area contributed by atoms with Gasteiger partial charge in [0.25, 0.3) is 0 Å². The Morgan fingerprint density at radius 1 is 1.35 bits per heavy atom. The van der Waals surface area contributed by atoms with Crippen LogP contribution in [0.15, 0.2) is 6.20 Å². The van der Waals surface area contributed by atoms with E-state index in [9.17, 15) is 0 Å². The van der Waals surface area contributed by atoms with Crippen molar-refractivity contribution in [2.24, 2.45) is 0 Å². The van der Waals surface area contributed by atoms with Crippen LogP contribution in [0.25, 0.3) is 0 Å². The highest BCUT2D eigenvalue weighted by atomic mass is 35.5. The third kappa shape index (κ3) is 3.71. The molecule has 1 aromatic heterocycles. The highest BCUT2D eigenvalue weighted by Crippen LogP contribution is 2.28. The zero-order chi connectivity index (χ0) is 12.8. The Balaban J connectivity index is 2.94. The van der Waals surface area contributed by atoms with Crippen LogP contribution >= 0.6 is 11.6 Å². The summed E-state index contributed by atoms with van der Waals surface area (Å²) in [6.07, 6.45) is 5.12. The minimum absolute atomic E-state index is 0.317. The molecule has 0 spiro atoms. The van der Waals surface area contributed by atoms with E-state index in [0.717, 1.165) is 36.5 Å². The van der Waals surface area contributed by atoms with Crippen LogP contribution in [0, 0.1) is 0 Å². The van der Waals surface area contributed by atoms with Gasteiger partial charge in [0, 0.05) is 6.04 Å². The summed E-state index contributed by atoms with van der Waals surface area (Å²) in [7, 11) is 0. The fraction of sp³-hybridized carbons (Fsp3) is 0.769. The van der Waals surface area contributed by atoms with Crippen molar-refractivity contribution in [3.05, 3.63) is 16.9 Å².